The molecule has 1 fully saturated rings. The molecule has 2 nitrogen and oxygen atoms in total. The molecule has 0 bridgehead atoms. The average Bonchev–Trinajstić information content (AvgIpc) is 2.71. The Labute approximate surface area is 172 Å². The van der Waals surface area contributed by atoms with Gasteiger partial charge in [-0.2, -0.15) is 0 Å². The molecule has 2 heteroatoms. The highest BCUT2D eigenvalue weighted by atomic mass is 16.5. The van der Waals surface area contributed by atoms with Crippen LogP contribution in [0.15, 0.2) is 36.4 Å². The van der Waals surface area contributed by atoms with Gasteiger partial charge in [-0.25, -0.2) is 4.79 Å². The number of benzene rings is 1. The Balaban J connectivity index is 1.61. The third-order valence-electron chi connectivity index (χ3n) is 6.22. The van der Waals surface area contributed by atoms with Gasteiger partial charge in [-0.05, 0) is 62.1 Å². The quantitative estimate of drug-likeness (QED) is 0.158. The largest absolute Gasteiger partial charge is 0.423 e. The summed E-state index contributed by atoms with van der Waals surface area (Å²) in [5.41, 5.74) is 1.82. The smallest absolute Gasteiger partial charge is 0.338 e. The van der Waals surface area contributed by atoms with Gasteiger partial charge in [0, 0.05) is 5.57 Å². The van der Waals surface area contributed by atoms with Crippen LogP contribution in [0.5, 0.6) is 5.75 Å². The van der Waals surface area contributed by atoms with Crippen LogP contribution in [0, 0.1) is 5.92 Å². The number of hydrogen-bond donors (Lipinski definition) is 0. The number of esters is 1. The van der Waals surface area contributed by atoms with E-state index in [1.807, 2.05) is 12.1 Å². The third-order valence-corrected chi connectivity index (χ3v) is 6.22. The van der Waals surface area contributed by atoms with Crippen LogP contribution < -0.4 is 4.74 Å². The highest BCUT2D eigenvalue weighted by Crippen LogP contribution is 2.38. The highest BCUT2D eigenvalue weighted by Gasteiger charge is 2.22. The van der Waals surface area contributed by atoms with Gasteiger partial charge in [-0.15, -0.1) is 0 Å². The first kappa shape index (κ1) is 22.7. The summed E-state index contributed by atoms with van der Waals surface area (Å²) in [6.45, 7) is 7.57. The molecule has 0 spiro atoms. The second-order valence-corrected chi connectivity index (χ2v) is 8.72. The molecule has 156 valence electrons. The van der Waals surface area contributed by atoms with Crippen molar-refractivity contribution in [2.24, 2.45) is 5.92 Å². The van der Waals surface area contributed by atoms with E-state index in [-0.39, 0.29) is 5.97 Å². The van der Waals surface area contributed by atoms with E-state index >= 15 is 0 Å². The van der Waals surface area contributed by atoms with E-state index < -0.39 is 0 Å². The maximum atomic E-state index is 11.6. The van der Waals surface area contributed by atoms with Gasteiger partial charge >= 0.3 is 5.97 Å². The molecule has 0 radical (unpaired) electrons. The fourth-order valence-corrected chi connectivity index (χ4v) is 4.35. The van der Waals surface area contributed by atoms with Crippen molar-refractivity contribution in [2.75, 3.05) is 0 Å². The van der Waals surface area contributed by atoms with Crippen molar-refractivity contribution < 1.29 is 9.53 Å². The first-order valence-corrected chi connectivity index (χ1v) is 11.6. The van der Waals surface area contributed by atoms with E-state index in [0.29, 0.717) is 17.2 Å². The molecule has 1 aliphatic carbocycles. The summed E-state index contributed by atoms with van der Waals surface area (Å²) in [7, 11) is 0. The van der Waals surface area contributed by atoms with Gasteiger partial charge < -0.3 is 4.74 Å². The van der Waals surface area contributed by atoms with Crippen LogP contribution in [-0.2, 0) is 4.79 Å². The zero-order valence-corrected chi connectivity index (χ0v) is 18.2. The first-order chi connectivity index (χ1) is 13.6. The molecular formula is C26H40O2. The fourth-order valence-electron chi connectivity index (χ4n) is 4.35. The number of carbonyl (C=O) groups excluding carboxylic acids is 1. The van der Waals surface area contributed by atoms with Crippen LogP contribution in [0.2, 0.25) is 0 Å². The van der Waals surface area contributed by atoms with Gasteiger partial charge in [0.05, 0.1) is 0 Å². The second-order valence-electron chi connectivity index (χ2n) is 8.72. The van der Waals surface area contributed by atoms with E-state index in [9.17, 15) is 4.79 Å². The zero-order chi connectivity index (χ0) is 20.2. The normalized spacial score (nSPS) is 19.4. The predicted octanol–water partition coefficient (Wildman–Crippen LogP) is 7.97. The van der Waals surface area contributed by atoms with E-state index in [1.54, 1.807) is 6.92 Å². The van der Waals surface area contributed by atoms with Crippen molar-refractivity contribution in [1.29, 1.82) is 0 Å². The summed E-state index contributed by atoms with van der Waals surface area (Å²) in [4.78, 5) is 11.6. The average molecular weight is 385 g/mol. The summed E-state index contributed by atoms with van der Waals surface area (Å²) in [5, 5.41) is 0. The lowest BCUT2D eigenvalue weighted by Gasteiger charge is -2.29. The molecule has 28 heavy (non-hydrogen) atoms. The molecule has 0 amide bonds. The first-order valence-electron chi connectivity index (χ1n) is 11.6. The Hall–Kier alpha value is -1.57. The molecule has 0 heterocycles. The topological polar surface area (TPSA) is 26.3 Å². The third kappa shape index (κ3) is 8.20. The minimum Gasteiger partial charge on any atom is -0.423 e. The van der Waals surface area contributed by atoms with Crippen molar-refractivity contribution in [3.63, 3.8) is 0 Å². The van der Waals surface area contributed by atoms with Crippen molar-refractivity contribution in [1.82, 2.24) is 0 Å². The van der Waals surface area contributed by atoms with Crippen molar-refractivity contribution in [3.05, 3.63) is 42.0 Å². The Bertz CT molecular complexity index is 579. The summed E-state index contributed by atoms with van der Waals surface area (Å²) >= 11 is 0. The van der Waals surface area contributed by atoms with Crippen LogP contribution >= 0.6 is 0 Å². The number of rotatable bonds is 12. The lowest BCUT2D eigenvalue weighted by atomic mass is 9.77. The Morgan fingerprint density at radius 1 is 0.929 bits per heavy atom. The molecular weight excluding hydrogens is 344 g/mol. The molecule has 0 aromatic heterocycles. The lowest BCUT2D eigenvalue weighted by molar-refractivity contribution is -0.130. The van der Waals surface area contributed by atoms with Gasteiger partial charge in [0.25, 0.3) is 0 Å². The predicted molar refractivity (Wildman–Crippen MR) is 119 cm³/mol. The molecule has 0 aliphatic heterocycles. The lowest BCUT2D eigenvalue weighted by Crippen LogP contribution is -2.13. The van der Waals surface area contributed by atoms with Crippen LogP contribution in [0.4, 0.5) is 0 Å². The van der Waals surface area contributed by atoms with Crippen LogP contribution in [-0.4, -0.2) is 5.97 Å². The number of ether oxygens (including phenoxy) is 1. The van der Waals surface area contributed by atoms with Crippen LogP contribution in [0.25, 0.3) is 0 Å². The van der Waals surface area contributed by atoms with E-state index in [1.165, 1.54) is 89.0 Å². The maximum Gasteiger partial charge on any atom is 0.338 e. The molecule has 0 N–H and O–H groups in total. The monoisotopic (exact) mass is 384 g/mol. The molecule has 0 saturated heterocycles. The molecule has 1 saturated carbocycles. The van der Waals surface area contributed by atoms with Gasteiger partial charge in [0.2, 0.25) is 0 Å². The van der Waals surface area contributed by atoms with E-state index in [2.05, 4.69) is 25.6 Å². The van der Waals surface area contributed by atoms with E-state index in [0.717, 1.165) is 5.92 Å². The second kappa shape index (κ2) is 12.8. The van der Waals surface area contributed by atoms with Gasteiger partial charge in [-0.3, -0.25) is 0 Å². The standard InChI is InChI=1S/C26H40O2/c1-4-5-6-7-8-9-10-11-12-22-13-15-23(16-14-22)24-17-19-25(20-18-24)28-26(27)21(2)3/h17-20,22-23H,2,4-16H2,1,3H3. The molecule has 0 atom stereocenters. The van der Waals surface area contributed by atoms with Crippen molar-refractivity contribution >= 4 is 5.97 Å². The van der Waals surface area contributed by atoms with Gasteiger partial charge in [0.1, 0.15) is 5.75 Å². The molecule has 1 aromatic rings. The molecule has 1 aliphatic rings. The molecule has 1 aromatic carbocycles. The van der Waals surface area contributed by atoms with Crippen molar-refractivity contribution in [3.8, 4) is 5.75 Å². The summed E-state index contributed by atoms with van der Waals surface area (Å²) in [5.74, 6) is 1.86. The summed E-state index contributed by atoms with van der Waals surface area (Å²) in [6.07, 6.45) is 18.1. The SMILES string of the molecule is C=C(C)C(=O)Oc1ccc(C2CCC(CCCCCCCCCC)CC2)cc1. The number of hydrogen-bond acceptors (Lipinski definition) is 2. The highest BCUT2D eigenvalue weighted by molar-refractivity contribution is 5.88. The Morgan fingerprint density at radius 3 is 2.07 bits per heavy atom. The van der Waals surface area contributed by atoms with E-state index in [4.69, 9.17) is 4.74 Å². The molecule has 2 rings (SSSR count). The van der Waals surface area contributed by atoms with Crippen molar-refractivity contribution in [2.45, 2.75) is 103 Å². The summed E-state index contributed by atoms with van der Waals surface area (Å²) in [6, 6.07) is 8.10. The van der Waals surface area contributed by atoms with Gasteiger partial charge in [-0.1, -0.05) is 83.4 Å². The molecule has 0 unspecified atom stereocenters. The Morgan fingerprint density at radius 2 is 1.50 bits per heavy atom. The zero-order valence-electron chi connectivity index (χ0n) is 18.2. The fraction of sp³-hybridized carbons (Fsp3) is 0.654. The Kier molecular flexibility index (Phi) is 10.4. The van der Waals surface area contributed by atoms with Crippen LogP contribution in [0.3, 0.4) is 0 Å². The van der Waals surface area contributed by atoms with Gasteiger partial charge in [0.15, 0.2) is 0 Å². The van der Waals surface area contributed by atoms with Crippen LogP contribution in [0.1, 0.15) is 109 Å². The minimum absolute atomic E-state index is 0.353. The number of carbonyl (C=O) groups is 1. The number of unbranched alkanes of at least 4 members (excludes halogenated alkanes) is 7. The summed E-state index contributed by atoms with van der Waals surface area (Å²) < 4.78 is 5.29. The minimum atomic E-state index is -0.353. The maximum absolute atomic E-state index is 11.6.